The number of rotatable bonds is 3. The van der Waals surface area contributed by atoms with Gasteiger partial charge in [0.25, 0.3) is 0 Å². The number of hydrogen-bond donors (Lipinski definition) is 0. The topological polar surface area (TPSA) is 59.4 Å². The van der Waals surface area contributed by atoms with Gasteiger partial charge in [-0.05, 0) is 50.8 Å². The largest absolute Gasteiger partial charge is 0.308 e. The smallest absolute Gasteiger partial charge is 0.296 e. The minimum Gasteiger partial charge on any atom is -0.296 e. The molecule has 0 N–H and O–H groups in total. The minimum atomic E-state index is -3.48. The molecule has 3 rings (SSSR count). The van der Waals surface area contributed by atoms with E-state index in [9.17, 15) is 13.2 Å². The molecule has 0 spiro atoms. The monoisotopic (exact) mass is 354 g/mol. The van der Waals surface area contributed by atoms with Gasteiger partial charge in [0.05, 0.1) is 15.1 Å². The van der Waals surface area contributed by atoms with Gasteiger partial charge in [0.2, 0.25) is 10.0 Å². The standard InChI is InChI=1S/C16H22N2O3S2/c1-11(2)18-14-7-6-13(9-15(14)22-16(18)19)23(20,21)17-8-4-5-12(3)10-17/h6-7,9,11-12H,4-5,8,10H2,1-3H3/t12-/m0/s1. The van der Waals surface area contributed by atoms with E-state index in [2.05, 4.69) is 6.92 Å². The Kier molecular flexibility index (Phi) is 4.37. The predicted octanol–water partition coefficient (Wildman–Crippen LogP) is 3.06. The number of fused-ring (bicyclic) bond motifs is 1. The molecule has 0 radical (unpaired) electrons. The summed E-state index contributed by atoms with van der Waals surface area (Å²) >= 11 is 1.11. The van der Waals surface area contributed by atoms with E-state index in [1.807, 2.05) is 13.8 Å². The van der Waals surface area contributed by atoms with Crippen molar-refractivity contribution in [3.8, 4) is 0 Å². The normalized spacial score (nSPS) is 20.4. The summed E-state index contributed by atoms with van der Waals surface area (Å²) in [4.78, 5) is 12.4. The number of piperidine rings is 1. The number of aromatic nitrogens is 1. The van der Waals surface area contributed by atoms with E-state index in [4.69, 9.17) is 0 Å². The van der Waals surface area contributed by atoms with Gasteiger partial charge in [-0.15, -0.1) is 0 Å². The lowest BCUT2D eigenvalue weighted by Crippen LogP contribution is -2.39. The predicted molar refractivity (Wildman–Crippen MR) is 93.6 cm³/mol. The van der Waals surface area contributed by atoms with Crippen LogP contribution < -0.4 is 4.87 Å². The van der Waals surface area contributed by atoms with Gasteiger partial charge in [-0.25, -0.2) is 8.42 Å². The zero-order chi connectivity index (χ0) is 16.8. The highest BCUT2D eigenvalue weighted by atomic mass is 32.2. The summed E-state index contributed by atoms with van der Waals surface area (Å²) in [5.41, 5.74) is 0.806. The first-order chi connectivity index (χ1) is 10.8. The van der Waals surface area contributed by atoms with Gasteiger partial charge in [-0.2, -0.15) is 4.31 Å². The van der Waals surface area contributed by atoms with E-state index in [0.29, 0.717) is 19.0 Å². The third-order valence-electron chi connectivity index (χ3n) is 4.36. The van der Waals surface area contributed by atoms with Crippen molar-refractivity contribution >= 4 is 31.6 Å². The second-order valence-electron chi connectivity index (χ2n) is 6.57. The Balaban J connectivity index is 2.05. The first-order valence-electron chi connectivity index (χ1n) is 7.96. The summed E-state index contributed by atoms with van der Waals surface area (Å²) in [6.45, 7) is 7.14. The molecule has 1 aromatic heterocycles. The minimum absolute atomic E-state index is 0.0452. The molecule has 2 heterocycles. The first kappa shape index (κ1) is 16.7. The van der Waals surface area contributed by atoms with Crippen LogP contribution in [-0.4, -0.2) is 30.4 Å². The van der Waals surface area contributed by atoms with Gasteiger partial charge in [0, 0.05) is 19.1 Å². The zero-order valence-corrected chi connectivity index (χ0v) is 15.3. The average Bonchev–Trinajstić information content (AvgIpc) is 2.82. The summed E-state index contributed by atoms with van der Waals surface area (Å²) in [5, 5.41) is 0. The van der Waals surface area contributed by atoms with Crippen LogP contribution in [0, 0.1) is 5.92 Å². The highest BCUT2D eigenvalue weighted by Crippen LogP contribution is 2.28. The van der Waals surface area contributed by atoms with Crippen molar-refractivity contribution in [2.24, 2.45) is 5.92 Å². The van der Waals surface area contributed by atoms with Crippen LogP contribution >= 0.6 is 11.3 Å². The van der Waals surface area contributed by atoms with Crippen molar-refractivity contribution in [2.45, 2.75) is 44.6 Å². The molecule has 1 aliphatic heterocycles. The molecule has 5 nitrogen and oxygen atoms in total. The Bertz CT molecular complexity index is 880. The van der Waals surface area contributed by atoms with Crippen LogP contribution in [-0.2, 0) is 10.0 Å². The van der Waals surface area contributed by atoms with Crippen LogP contribution in [0.3, 0.4) is 0 Å². The molecule has 1 atom stereocenters. The molecule has 1 aromatic carbocycles. The van der Waals surface area contributed by atoms with Gasteiger partial charge in [0.1, 0.15) is 0 Å². The van der Waals surface area contributed by atoms with Gasteiger partial charge in [-0.1, -0.05) is 18.3 Å². The van der Waals surface area contributed by atoms with Gasteiger partial charge in [-0.3, -0.25) is 9.36 Å². The van der Waals surface area contributed by atoms with Crippen LogP contribution in [0.2, 0.25) is 0 Å². The molecule has 0 unspecified atom stereocenters. The lowest BCUT2D eigenvalue weighted by atomic mass is 10.0. The molecule has 1 aliphatic rings. The molecule has 0 amide bonds. The Labute approximate surface area is 140 Å². The van der Waals surface area contributed by atoms with E-state index >= 15 is 0 Å². The van der Waals surface area contributed by atoms with Crippen molar-refractivity contribution in [1.82, 2.24) is 8.87 Å². The number of benzene rings is 1. The van der Waals surface area contributed by atoms with Crippen LogP contribution in [0.1, 0.15) is 39.7 Å². The van der Waals surface area contributed by atoms with E-state index < -0.39 is 10.0 Å². The summed E-state index contributed by atoms with van der Waals surface area (Å²) in [6.07, 6.45) is 1.98. The number of hydrogen-bond acceptors (Lipinski definition) is 4. The van der Waals surface area contributed by atoms with Crippen LogP contribution in [0.15, 0.2) is 27.9 Å². The Morgan fingerprint density at radius 2 is 2.04 bits per heavy atom. The molecule has 1 fully saturated rings. The van der Waals surface area contributed by atoms with E-state index in [1.165, 1.54) is 0 Å². The molecular weight excluding hydrogens is 332 g/mol. The second kappa shape index (κ2) is 6.03. The van der Waals surface area contributed by atoms with Crippen LogP contribution in [0.25, 0.3) is 10.2 Å². The molecule has 7 heteroatoms. The molecule has 2 aromatic rings. The molecule has 0 bridgehead atoms. The van der Waals surface area contributed by atoms with Crippen molar-refractivity contribution in [2.75, 3.05) is 13.1 Å². The summed E-state index contributed by atoms with van der Waals surface area (Å²) in [6, 6.07) is 5.09. The van der Waals surface area contributed by atoms with Crippen molar-refractivity contribution in [3.63, 3.8) is 0 Å². The fraction of sp³-hybridized carbons (Fsp3) is 0.562. The van der Waals surface area contributed by atoms with Crippen molar-refractivity contribution < 1.29 is 8.42 Å². The highest BCUT2D eigenvalue weighted by Gasteiger charge is 2.29. The molecule has 0 aliphatic carbocycles. The Hall–Kier alpha value is -1.18. The van der Waals surface area contributed by atoms with Gasteiger partial charge in [0.15, 0.2) is 0 Å². The average molecular weight is 354 g/mol. The van der Waals surface area contributed by atoms with Gasteiger partial charge >= 0.3 is 4.87 Å². The fourth-order valence-corrected chi connectivity index (χ4v) is 5.93. The SMILES string of the molecule is CC(C)n1c(=O)sc2cc(S(=O)(=O)N3CCC[C@H](C)C3)ccc21. The van der Waals surface area contributed by atoms with Gasteiger partial charge < -0.3 is 0 Å². The van der Waals surface area contributed by atoms with Crippen molar-refractivity contribution in [1.29, 1.82) is 0 Å². The summed E-state index contributed by atoms with van der Waals surface area (Å²) in [5.74, 6) is 0.389. The second-order valence-corrected chi connectivity index (χ2v) is 9.50. The maximum absolute atomic E-state index is 12.8. The molecular formula is C16H22N2O3S2. The van der Waals surface area contributed by atoms with E-state index in [0.717, 1.165) is 34.4 Å². The number of sulfonamides is 1. The molecule has 0 saturated carbocycles. The summed E-state index contributed by atoms with van der Waals surface area (Å²) in [7, 11) is -3.48. The lowest BCUT2D eigenvalue weighted by molar-refractivity contribution is 0.281. The Morgan fingerprint density at radius 3 is 2.70 bits per heavy atom. The van der Waals surface area contributed by atoms with Crippen molar-refractivity contribution in [3.05, 3.63) is 27.9 Å². The lowest BCUT2D eigenvalue weighted by Gasteiger charge is -2.30. The molecule has 1 saturated heterocycles. The Morgan fingerprint density at radius 1 is 1.30 bits per heavy atom. The number of nitrogens with zero attached hydrogens (tertiary/aromatic N) is 2. The third kappa shape index (κ3) is 2.97. The third-order valence-corrected chi connectivity index (χ3v) is 7.14. The van der Waals surface area contributed by atoms with Crippen LogP contribution in [0.5, 0.6) is 0 Å². The summed E-state index contributed by atoms with van der Waals surface area (Å²) < 4.78 is 29.7. The molecule has 126 valence electrons. The quantitative estimate of drug-likeness (QED) is 0.851. The zero-order valence-electron chi connectivity index (χ0n) is 13.7. The fourth-order valence-electron chi connectivity index (χ4n) is 3.18. The maximum atomic E-state index is 12.8. The maximum Gasteiger partial charge on any atom is 0.308 e. The number of thiazole rings is 1. The van der Waals surface area contributed by atoms with E-state index in [-0.39, 0.29) is 15.8 Å². The van der Waals surface area contributed by atoms with Crippen LogP contribution in [0.4, 0.5) is 0 Å². The first-order valence-corrected chi connectivity index (χ1v) is 10.2. The highest BCUT2D eigenvalue weighted by molar-refractivity contribution is 7.89. The van der Waals surface area contributed by atoms with E-state index in [1.54, 1.807) is 27.1 Å². The molecule has 23 heavy (non-hydrogen) atoms.